The second-order valence-electron chi connectivity index (χ2n) is 6.44. The van der Waals surface area contributed by atoms with Crippen molar-refractivity contribution in [1.29, 1.82) is 0 Å². The minimum absolute atomic E-state index is 0.00106. The number of nitrogens with one attached hydrogen (secondary N) is 1. The first-order valence-electron chi connectivity index (χ1n) is 9.43. The van der Waals surface area contributed by atoms with Crippen molar-refractivity contribution in [1.82, 2.24) is 4.90 Å². The van der Waals surface area contributed by atoms with Gasteiger partial charge < -0.3 is 15.0 Å². The normalized spacial score (nSPS) is 12.0. The summed E-state index contributed by atoms with van der Waals surface area (Å²) in [5.74, 6) is 0.897. The molecular formula is C22H30N2O2. The van der Waals surface area contributed by atoms with Gasteiger partial charge in [-0.25, -0.2) is 0 Å². The summed E-state index contributed by atoms with van der Waals surface area (Å²) in [7, 11) is 0. The predicted octanol–water partition coefficient (Wildman–Crippen LogP) is 4.54. The summed E-state index contributed by atoms with van der Waals surface area (Å²) in [5, 5.41) is 3.00. The number of hydrogen-bond acceptors (Lipinski definition) is 3. The van der Waals surface area contributed by atoms with Gasteiger partial charge in [0, 0.05) is 13.0 Å². The molecule has 1 atom stereocenters. The molecule has 0 spiro atoms. The molecule has 4 heteroatoms. The lowest BCUT2D eigenvalue weighted by atomic mass is 9.97. The van der Waals surface area contributed by atoms with Gasteiger partial charge in [-0.3, -0.25) is 4.79 Å². The van der Waals surface area contributed by atoms with Crippen molar-refractivity contribution in [3.05, 3.63) is 60.2 Å². The Morgan fingerprint density at radius 1 is 1.04 bits per heavy atom. The third kappa shape index (κ3) is 6.19. The summed E-state index contributed by atoms with van der Waals surface area (Å²) in [6.45, 7) is 9.86. The van der Waals surface area contributed by atoms with Crippen LogP contribution in [0.2, 0.25) is 0 Å². The molecule has 0 heterocycles. The molecule has 1 unspecified atom stereocenters. The van der Waals surface area contributed by atoms with Crippen LogP contribution in [0.15, 0.2) is 54.6 Å². The van der Waals surface area contributed by atoms with E-state index >= 15 is 0 Å². The smallest absolute Gasteiger partial charge is 0.225 e. The zero-order chi connectivity index (χ0) is 18.8. The summed E-state index contributed by atoms with van der Waals surface area (Å²) in [6.07, 6.45) is 0.442. The van der Waals surface area contributed by atoms with Crippen LogP contribution in [0.25, 0.3) is 0 Å². The first-order chi connectivity index (χ1) is 12.6. The molecule has 0 aliphatic heterocycles. The van der Waals surface area contributed by atoms with Gasteiger partial charge in [0.2, 0.25) is 5.91 Å². The minimum atomic E-state index is 0.00106. The van der Waals surface area contributed by atoms with E-state index in [1.165, 1.54) is 5.56 Å². The Balaban J connectivity index is 1.91. The summed E-state index contributed by atoms with van der Waals surface area (Å²) in [5.41, 5.74) is 1.91. The van der Waals surface area contributed by atoms with Crippen LogP contribution in [0, 0.1) is 0 Å². The lowest BCUT2D eigenvalue weighted by Crippen LogP contribution is -2.28. The van der Waals surface area contributed by atoms with Crippen molar-refractivity contribution in [2.75, 3.05) is 31.6 Å². The number of carbonyl (C=O) groups is 1. The Bertz CT molecular complexity index is 669. The molecule has 140 valence electrons. The van der Waals surface area contributed by atoms with E-state index in [1.807, 2.05) is 42.5 Å². The van der Waals surface area contributed by atoms with Crippen molar-refractivity contribution in [2.45, 2.75) is 33.1 Å². The van der Waals surface area contributed by atoms with E-state index < -0.39 is 0 Å². The molecule has 0 saturated heterocycles. The van der Waals surface area contributed by atoms with Gasteiger partial charge in [0.05, 0.1) is 5.69 Å². The van der Waals surface area contributed by atoms with Crippen molar-refractivity contribution >= 4 is 11.6 Å². The van der Waals surface area contributed by atoms with Crippen molar-refractivity contribution in [3.8, 4) is 5.75 Å². The summed E-state index contributed by atoms with van der Waals surface area (Å²) < 4.78 is 5.91. The third-order valence-electron chi connectivity index (χ3n) is 4.58. The molecule has 2 aromatic carbocycles. The van der Waals surface area contributed by atoms with Crippen LogP contribution >= 0.6 is 0 Å². The first kappa shape index (κ1) is 20.0. The maximum atomic E-state index is 12.4. The summed E-state index contributed by atoms with van der Waals surface area (Å²) >= 11 is 0. The number of rotatable bonds is 10. The van der Waals surface area contributed by atoms with E-state index in [1.54, 1.807) is 0 Å². The predicted molar refractivity (Wildman–Crippen MR) is 108 cm³/mol. The monoisotopic (exact) mass is 354 g/mol. The van der Waals surface area contributed by atoms with Crippen LogP contribution in [0.3, 0.4) is 0 Å². The number of nitrogens with zero attached hydrogens (tertiary/aromatic N) is 1. The van der Waals surface area contributed by atoms with E-state index in [-0.39, 0.29) is 11.8 Å². The number of likely N-dealkylation sites (N-methyl/N-ethyl adjacent to an activating group) is 1. The van der Waals surface area contributed by atoms with Crippen molar-refractivity contribution in [3.63, 3.8) is 0 Å². The molecule has 0 bridgehead atoms. The molecule has 4 nitrogen and oxygen atoms in total. The Labute approximate surface area is 157 Å². The SMILES string of the molecule is CCN(CC)CCOc1ccccc1NC(=O)CC(C)c1ccccc1. The highest BCUT2D eigenvalue weighted by Crippen LogP contribution is 2.25. The fourth-order valence-corrected chi connectivity index (χ4v) is 2.90. The number of anilines is 1. The molecule has 26 heavy (non-hydrogen) atoms. The van der Waals surface area contributed by atoms with E-state index in [4.69, 9.17) is 4.74 Å². The maximum Gasteiger partial charge on any atom is 0.225 e. The Morgan fingerprint density at radius 2 is 1.69 bits per heavy atom. The van der Waals surface area contributed by atoms with E-state index in [0.717, 1.165) is 31.1 Å². The molecule has 0 fully saturated rings. The lowest BCUT2D eigenvalue weighted by molar-refractivity contribution is -0.116. The average Bonchev–Trinajstić information content (AvgIpc) is 2.67. The van der Waals surface area contributed by atoms with E-state index in [9.17, 15) is 4.79 Å². The lowest BCUT2D eigenvalue weighted by Gasteiger charge is -2.19. The largest absolute Gasteiger partial charge is 0.490 e. The first-order valence-corrected chi connectivity index (χ1v) is 9.43. The fourth-order valence-electron chi connectivity index (χ4n) is 2.90. The number of ether oxygens (including phenoxy) is 1. The summed E-state index contributed by atoms with van der Waals surface area (Å²) in [4.78, 5) is 14.8. The van der Waals surface area contributed by atoms with Gasteiger partial charge >= 0.3 is 0 Å². The molecule has 2 aromatic rings. The number of carbonyl (C=O) groups excluding carboxylic acids is 1. The molecule has 0 aromatic heterocycles. The Kier molecular flexibility index (Phi) is 8.16. The molecule has 1 N–H and O–H groups in total. The van der Waals surface area contributed by atoms with Gasteiger partial charge in [-0.2, -0.15) is 0 Å². The highest BCUT2D eigenvalue weighted by Gasteiger charge is 2.13. The van der Waals surface area contributed by atoms with Crippen LogP contribution in [0.1, 0.15) is 38.7 Å². The van der Waals surface area contributed by atoms with Crippen LogP contribution in [-0.4, -0.2) is 37.0 Å². The van der Waals surface area contributed by atoms with Crippen molar-refractivity contribution in [2.24, 2.45) is 0 Å². The number of para-hydroxylation sites is 2. The van der Waals surface area contributed by atoms with Gasteiger partial charge in [0.1, 0.15) is 12.4 Å². The summed E-state index contributed by atoms with van der Waals surface area (Å²) in [6, 6.07) is 17.7. The topological polar surface area (TPSA) is 41.6 Å². The zero-order valence-electron chi connectivity index (χ0n) is 16.1. The zero-order valence-corrected chi connectivity index (χ0v) is 16.1. The second-order valence-corrected chi connectivity index (χ2v) is 6.44. The molecule has 0 aliphatic rings. The number of benzene rings is 2. The molecule has 0 radical (unpaired) electrons. The van der Waals surface area contributed by atoms with Gasteiger partial charge in [0.15, 0.2) is 0 Å². The molecule has 2 rings (SSSR count). The van der Waals surface area contributed by atoms with Gasteiger partial charge in [-0.15, -0.1) is 0 Å². The molecule has 0 saturated carbocycles. The minimum Gasteiger partial charge on any atom is -0.490 e. The van der Waals surface area contributed by atoms with E-state index in [0.29, 0.717) is 13.0 Å². The van der Waals surface area contributed by atoms with Crippen LogP contribution in [0.5, 0.6) is 5.75 Å². The van der Waals surface area contributed by atoms with Gasteiger partial charge in [-0.1, -0.05) is 63.2 Å². The Morgan fingerprint density at radius 3 is 2.38 bits per heavy atom. The third-order valence-corrected chi connectivity index (χ3v) is 4.58. The number of amides is 1. The Hall–Kier alpha value is -2.33. The number of hydrogen-bond donors (Lipinski definition) is 1. The van der Waals surface area contributed by atoms with Crippen LogP contribution in [-0.2, 0) is 4.79 Å². The van der Waals surface area contributed by atoms with E-state index in [2.05, 4.69) is 43.1 Å². The standard InChI is InChI=1S/C22H30N2O2/c1-4-24(5-2)15-16-26-21-14-10-9-13-20(21)23-22(25)17-18(3)19-11-7-6-8-12-19/h6-14,18H,4-5,15-17H2,1-3H3,(H,23,25). The fraction of sp³-hybridized carbons (Fsp3) is 0.409. The highest BCUT2D eigenvalue weighted by atomic mass is 16.5. The molecular weight excluding hydrogens is 324 g/mol. The maximum absolute atomic E-state index is 12.4. The second kappa shape index (κ2) is 10.6. The quantitative estimate of drug-likeness (QED) is 0.681. The van der Waals surface area contributed by atoms with Crippen molar-refractivity contribution < 1.29 is 9.53 Å². The van der Waals surface area contributed by atoms with Crippen LogP contribution in [0.4, 0.5) is 5.69 Å². The van der Waals surface area contributed by atoms with Gasteiger partial charge in [0.25, 0.3) is 0 Å². The highest BCUT2D eigenvalue weighted by molar-refractivity contribution is 5.92. The molecule has 1 amide bonds. The van der Waals surface area contributed by atoms with Crippen LogP contribution < -0.4 is 10.1 Å². The molecule has 0 aliphatic carbocycles. The van der Waals surface area contributed by atoms with Gasteiger partial charge in [-0.05, 0) is 36.7 Å². The average molecular weight is 354 g/mol.